The third-order valence-corrected chi connectivity index (χ3v) is 2.46. The molecule has 0 amide bonds. The van der Waals surface area contributed by atoms with Crippen molar-refractivity contribution in [3.8, 4) is 0 Å². The minimum Gasteiger partial charge on any atom is -0.465 e. The van der Waals surface area contributed by atoms with Gasteiger partial charge in [-0.1, -0.05) is 6.92 Å². The number of rotatable bonds is 5. The van der Waals surface area contributed by atoms with Gasteiger partial charge in [0.1, 0.15) is 11.5 Å². The molecule has 1 heterocycles. The maximum atomic E-state index is 5.76. The summed E-state index contributed by atoms with van der Waals surface area (Å²) in [6.07, 6.45) is 0. The van der Waals surface area contributed by atoms with Crippen molar-refractivity contribution >= 4 is 0 Å². The lowest BCUT2D eigenvalue weighted by atomic mass is 10.1. The van der Waals surface area contributed by atoms with E-state index in [1.165, 1.54) is 0 Å². The van der Waals surface area contributed by atoms with Crippen LogP contribution < -0.4 is 11.1 Å². The smallest absolute Gasteiger partial charge is 0.117 e. The van der Waals surface area contributed by atoms with E-state index in [1.54, 1.807) is 0 Å². The molecule has 1 aromatic heterocycles. The Balaban J connectivity index is 2.22. The third kappa shape index (κ3) is 3.52. The summed E-state index contributed by atoms with van der Waals surface area (Å²) in [7, 11) is 0. The Morgan fingerprint density at radius 1 is 1.43 bits per heavy atom. The first-order chi connectivity index (χ1) is 6.59. The lowest BCUT2D eigenvalue weighted by molar-refractivity contribution is 0.414. The molecule has 1 aromatic rings. The maximum Gasteiger partial charge on any atom is 0.117 e. The number of hydrogen-bond donors (Lipinski definition) is 2. The summed E-state index contributed by atoms with van der Waals surface area (Å²) >= 11 is 0. The highest BCUT2D eigenvalue weighted by Crippen LogP contribution is 2.06. The summed E-state index contributed by atoms with van der Waals surface area (Å²) in [5.41, 5.74) is 5.76. The van der Waals surface area contributed by atoms with E-state index < -0.39 is 0 Å². The Morgan fingerprint density at radius 2 is 2.14 bits per heavy atom. The largest absolute Gasteiger partial charge is 0.465 e. The lowest BCUT2D eigenvalue weighted by Gasteiger charge is -2.15. The first kappa shape index (κ1) is 11.3. The zero-order valence-corrected chi connectivity index (χ0v) is 9.21. The summed E-state index contributed by atoms with van der Waals surface area (Å²) in [5.74, 6) is 2.44. The fourth-order valence-electron chi connectivity index (χ4n) is 1.19. The molecule has 2 atom stereocenters. The summed E-state index contributed by atoms with van der Waals surface area (Å²) in [6, 6.07) is 4.21. The van der Waals surface area contributed by atoms with Crippen LogP contribution in [0.4, 0.5) is 0 Å². The molecule has 80 valence electrons. The van der Waals surface area contributed by atoms with Crippen molar-refractivity contribution in [3.05, 3.63) is 23.7 Å². The van der Waals surface area contributed by atoms with E-state index in [9.17, 15) is 0 Å². The highest BCUT2D eigenvalue weighted by molar-refractivity contribution is 5.05. The SMILES string of the molecule is Cc1ccc(CNCC(C)C(C)N)o1. The molecule has 0 aliphatic rings. The van der Waals surface area contributed by atoms with Crippen LogP contribution in [0.25, 0.3) is 0 Å². The summed E-state index contributed by atoms with van der Waals surface area (Å²) in [5, 5.41) is 3.32. The molecule has 2 unspecified atom stereocenters. The Bertz CT molecular complexity index is 268. The predicted octanol–water partition coefficient (Wildman–Crippen LogP) is 1.66. The number of nitrogens with two attached hydrogens (primary N) is 1. The molecule has 0 radical (unpaired) electrons. The predicted molar refractivity (Wildman–Crippen MR) is 58.0 cm³/mol. The molecule has 0 bridgehead atoms. The molecule has 0 aromatic carbocycles. The van der Waals surface area contributed by atoms with Crippen LogP contribution in [0.2, 0.25) is 0 Å². The molecular weight excluding hydrogens is 176 g/mol. The van der Waals surface area contributed by atoms with Gasteiger partial charge in [-0.3, -0.25) is 0 Å². The maximum absolute atomic E-state index is 5.76. The van der Waals surface area contributed by atoms with Crippen LogP contribution in [0.3, 0.4) is 0 Å². The quantitative estimate of drug-likeness (QED) is 0.753. The fourth-order valence-corrected chi connectivity index (χ4v) is 1.19. The molecule has 14 heavy (non-hydrogen) atoms. The van der Waals surface area contributed by atoms with Gasteiger partial charge in [0.2, 0.25) is 0 Å². The molecular formula is C11H20N2O. The second-order valence-electron chi connectivity index (χ2n) is 3.98. The molecule has 3 heteroatoms. The Kier molecular flexibility index (Phi) is 4.17. The van der Waals surface area contributed by atoms with Gasteiger partial charge in [0.15, 0.2) is 0 Å². The fraction of sp³-hybridized carbons (Fsp3) is 0.636. The van der Waals surface area contributed by atoms with Crippen molar-refractivity contribution < 1.29 is 4.42 Å². The number of aryl methyl sites for hydroxylation is 1. The van der Waals surface area contributed by atoms with Gasteiger partial charge in [0.05, 0.1) is 6.54 Å². The second kappa shape index (κ2) is 5.17. The van der Waals surface area contributed by atoms with Gasteiger partial charge in [-0.2, -0.15) is 0 Å². The van der Waals surface area contributed by atoms with Crippen molar-refractivity contribution in [1.29, 1.82) is 0 Å². The lowest BCUT2D eigenvalue weighted by Crippen LogP contribution is -2.32. The average Bonchev–Trinajstić information content (AvgIpc) is 2.51. The number of furan rings is 1. The first-order valence-electron chi connectivity index (χ1n) is 5.11. The highest BCUT2D eigenvalue weighted by Gasteiger charge is 2.06. The Morgan fingerprint density at radius 3 is 2.64 bits per heavy atom. The summed E-state index contributed by atoms with van der Waals surface area (Å²) < 4.78 is 5.43. The van der Waals surface area contributed by atoms with Crippen LogP contribution in [0.5, 0.6) is 0 Å². The molecule has 3 N–H and O–H groups in total. The van der Waals surface area contributed by atoms with Crippen LogP contribution in [0.1, 0.15) is 25.4 Å². The highest BCUT2D eigenvalue weighted by atomic mass is 16.3. The van der Waals surface area contributed by atoms with Crippen LogP contribution in [0, 0.1) is 12.8 Å². The second-order valence-corrected chi connectivity index (χ2v) is 3.98. The summed E-state index contributed by atoms with van der Waals surface area (Å²) in [6.45, 7) is 7.84. The zero-order chi connectivity index (χ0) is 10.6. The van der Waals surface area contributed by atoms with Gasteiger partial charge in [-0.15, -0.1) is 0 Å². The van der Waals surface area contributed by atoms with E-state index in [4.69, 9.17) is 10.2 Å². The monoisotopic (exact) mass is 196 g/mol. The zero-order valence-electron chi connectivity index (χ0n) is 9.21. The van der Waals surface area contributed by atoms with E-state index in [-0.39, 0.29) is 6.04 Å². The van der Waals surface area contributed by atoms with Crippen LogP contribution in [-0.2, 0) is 6.54 Å². The molecule has 0 saturated carbocycles. The van der Waals surface area contributed by atoms with Gasteiger partial charge < -0.3 is 15.5 Å². The van der Waals surface area contributed by atoms with Crippen LogP contribution >= 0.6 is 0 Å². The molecule has 0 aliphatic heterocycles. The molecule has 3 nitrogen and oxygen atoms in total. The van der Waals surface area contributed by atoms with Crippen molar-refractivity contribution in [3.63, 3.8) is 0 Å². The third-order valence-electron chi connectivity index (χ3n) is 2.46. The minimum atomic E-state index is 0.237. The summed E-state index contributed by atoms with van der Waals surface area (Å²) in [4.78, 5) is 0. The van der Waals surface area contributed by atoms with Crippen molar-refractivity contribution in [1.82, 2.24) is 5.32 Å². The standard InChI is InChI=1S/C11H20N2O/c1-8(10(3)12)6-13-7-11-5-4-9(2)14-11/h4-5,8,10,13H,6-7,12H2,1-3H3. The van der Waals surface area contributed by atoms with Gasteiger partial charge in [-0.05, 0) is 38.4 Å². The Hall–Kier alpha value is -0.800. The van der Waals surface area contributed by atoms with E-state index >= 15 is 0 Å². The van der Waals surface area contributed by atoms with Crippen molar-refractivity contribution in [2.24, 2.45) is 11.7 Å². The molecule has 0 saturated heterocycles. The number of nitrogens with one attached hydrogen (secondary N) is 1. The molecule has 0 spiro atoms. The van der Waals surface area contributed by atoms with Gasteiger partial charge in [0, 0.05) is 6.04 Å². The number of hydrogen-bond acceptors (Lipinski definition) is 3. The molecule has 0 fully saturated rings. The van der Waals surface area contributed by atoms with Gasteiger partial charge in [0.25, 0.3) is 0 Å². The minimum absolute atomic E-state index is 0.237. The first-order valence-corrected chi connectivity index (χ1v) is 5.11. The van der Waals surface area contributed by atoms with Crippen molar-refractivity contribution in [2.75, 3.05) is 6.54 Å². The van der Waals surface area contributed by atoms with Gasteiger partial charge >= 0.3 is 0 Å². The van der Waals surface area contributed by atoms with E-state index in [1.807, 2.05) is 26.0 Å². The molecule has 1 rings (SSSR count). The topological polar surface area (TPSA) is 51.2 Å². The van der Waals surface area contributed by atoms with Crippen LogP contribution in [-0.4, -0.2) is 12.6 Å². The van der Waals surface area contributed by atoms with E-state index in [0.29, 0.717) is 5.92 Å². The van der Waals surface area contributed by atoms with E-state index in [2.05, 4.69) is 12.2 Å². The Labute approximate surface area is 85.7 Å². The van der Waals surface area contributed by atoms with Crippen LogP contribution in [0.15, 0.2) is 16.5 Å². The van der Waals surface area contributed by atoms with E-state index in [0.717, 1.165) is 24.6 Å². The average molecular weight is 196 g/mol. The molecule has 0 aliphatic carbocycles. The van der Waals surface area contributed by atoms with Crippen molar-refractivity contribution in [2.45, 2.75) is 33.4 Å². The van der Waals surface area contributed by atoms with Gasteiger partial charge in [-0.25, -0.2) is 0 Å². The normalized spacial score (nSPS) is 15.4.